The molecule has 3 fully saturated rings. The molecule has 3 aliphatic rings. The number of aromatic nitrogens is 2. The van der Waals surface area contributed by atoms with Gasteiger partial charge in [0.2, 0.25) is 11.8 Å². The summed E-state index contributed by atoms with van der Waals surface area (Å²) in [6, 6.07) is 5.10. The van der Waals surface area contributed by atoms with Gasteiger partial charge in [-0.1, -0.05) is 12.1 Å². The van der Waals surface area contributed by atoms with E-state index >= 15 is 0 Å². The van der Waals surface area contributed by atoms with Crippen LogP contribution in [0.25, 0.3) is 11.0 Å². The zero-order chi connectivity index (χ0) is 27.9. The monoisotopic (exact) mass is 541 g/mol. The molecule has 3 amide bonds. The number of aryl methyl sites for hydroxylation is 1. The van der Waals surface area contributed by atoms with Crippen molar-refractivity contribution in [1.82, 2.24) is 24.3 Å². The molecule has 1 atom stereocenters. The topological polar surface area (TPSA) is 115 Å². The first-order chi connectivity index (χ1) is 18.5. The van der Waals surface area contributed by atoms with Crippen LogP contribution in [0.2, 0.25) is 0 Å². The number of imide groups is 1. The van der Waals surface area contributed by atoms with Crippen LogP contribution in [-0.4, -0.2) is 81.3 Å². The first-order valence-electron chi connectivity index (χ1n) is 13.8. The number of amides is 3. The Bertz CT molecular complexity index is 1310. The third-order valence-corrected chi connectivity index (χ3v) is 7.86. The predicted molar refractivity (Wildman–Crippen MR) is 144 cm³/mol. The lowest BCUT2D eigenvalue weighted by Crippen LogP contribution is -2.52. The molecule has 3 saturated heterocycles. The van der Waals surface area contributed by atoms with Gasteiger partial charge in [0.1, 0.15) is 11.6 Å². The van der Waals surface area contributed by atoms with Gasteiger partial charge in [0.05, 0.1) is 23.7 Å². The molecular formula is C28H39N5O6. The lowest BCUT2D eigenvalue weighted by atomic mass is 9.98. The maximum atomic E-state index is 13.1. The number of carbonyl (C=O) groups is 3. The average molecular weight is 542 g/mol. The highest BCUT2D eigenvalue weighted by molar-refractivity contribution is 6.00. The number of para-hydroxylation sites is 1. The first-order valence-corrected chi connectivity index (χ1v) is 13.8. The van der Waals surface area contributed by atoms with E-state index < -0.39 is 17.6 Å². The first kappa shape index (κ1) is 27.4. The van der Waals surface area contributed by atoms with Crippen molar-refractivity contribution in [3.63, 3.8) is 0 Å². The number of carbonyl (C=O) groups excluding carboxylic acids is 3. The fraction of sp³-hybridized carbons (Fsp3) is 0.643. The van der Waals surface area contributed by atoms with Crippen molar-refractivity contribution in [1.29, 1.82) is 0 Å². The highest BCUT2D eigenvalue weighted by Crippen LogP contribution is 2.27. The number of hydrogen-bond donors (Lipinski definition) is 1. The molecule has 4 heterocycles. The predicted octanol–water partition coefficient (Wildman–Crippen LogP) is 2.17. The smallest absolute Gasteiger partial charge is 0.410 e. The van der Waals surface area contributed by atoms with Crippen molar-refractivity contribution in [3.8, 4) is 0 Å². The van der Waals surface area contributed by atoms with Gasteiger partial charge in [-0.2, -0.15) is 0 Å². The van der Waals surface area contributed by atoms with Crippen LogP contribution in [-0.2, 0) is 32.7 Å². The van der Waals surface area contributed by atoms with Crippen LogP contribution < -0.4 is 11.0 Å². The van der Waals surface area contributed by atoms with Crippen molar-refractivity contribution < 1.29 is 23.9 Å². The Morgan fingerprint density at radius 2 is 1.79 bits per heavy atom. The number of piperidine rings is 2. The minimum Gasteiger partial charge on any atom is -0.444 e. The zero-order valence-corrected chi connectivity index (χ0v) is 23.3. The van der Waals surface area contributed by atoms with Crippen LogP contribution in [0.4, 0.5) is 4.79 Å². The molecule has 2 aromatic rings. The normalized spacial score (nSPS) is 21.7. The van der Waals surface area contributed by atoms with E-state index in [0.29, 0.717) is 44.1 Å². The molecule has 0 spiro atoms. The molecule has 11 heteroatoms. The Morgan fingerprint density at radius 3 is 2.46 bits per heavy atom. The lowest BCUT2D eigenvalue weighted by molar-refractivity contribution is -0.135. The van der Waals surface area contributed by atoms with Crippen LogP contribution in [0.5, 0.6) is 0 Å². The van der Waals surface area contributed by atoms with Crippen LogP contribution in [0, 0.1) is 5.92 Å². The van der Waals surface area contributed by atoms with Crippen molar-refractivity contribution in [2.45, 2.75) is 70.7 Å². The quantitative estimate of drug-likeness (QED) is 0.558. The molecule has 11 nitrogen and oxygen atoms in total. The summed E-state index contributed by atoms with van der Waals surface area (Å²) in [5.41, 5.74) is 1.81. The standard InChI is InChI=1S/C28H39N5O6/c1-28(2,3)39-27(37)32-12-10-18(11-13-32)17-38-20-15-31(16-20)14-19-6-5-7-21-24(19)30(4)26(36)33(21)22-8-9-23(34)29-25(22)35/h5-7,18,20,22H,8-17H2,1-4H3,(H,29,34,35). The second-order valence-electron chi connectivity index (χ2n) is 12.0. The van der Waals surface area contributed by atoms with Gasteiger partial charge in [0.15, 0.2) is 0 Å². The number of ether oxygens (including phenoxy) is 2. The third-order valence-electron chi connectivity index (χ3n) is 7.86. The third kappa shape index (κ3) is 5.89. The molecule has 0 bridgehead atoms. The number of nitrogens with one attached hydrogen (secondary N) is 1. The van der Waals surface area contributed by atoms with Crippen LogP contribution in [0.15, 0.2) is 23.0 Å². The van der Waals surface area contributed by atoms with E-state index in [4.69, 9.17) is 9.47 Å². The largest absolute Gasteiger partial charge is 0.444 e. The van der Waals surface area contributed by atoms with E-state index in [9.17, 15) is 19.2 Å². The van der Waals surface area contributed by atoms with Gasteiger partial charge >= 0.3 is 11.8 Å². The minimum atomic E-state index is -0.688. The SMILES string of the molecule is Cn1c(=O)n(C2CCC(=O)NC2=O)c2cccc(CN3CC(OCC4CCN(C(=O)OC(C)(C)C)CC4)C3)c21. The van der Waals surface area contributed by atoms with Gasteiger partial charge < -0.3 is 14.4 Å². The average Bonchev–Trinajstić information content (AvgIpc) is 3.10. The molecule has 212 valence electrons. The summed E-state index contributed by atoms with van der Waals surface area (Å²) in [4.78, 5) is 53.6. The summed E-state index contributed by atoms with van der Waals surface area (Å²) in [6.45, 7) is 10.0. The number of imidazole rings is 1. The highest BCUT2D eigenvalue weighted by atomic mass is 16.6. The van der Waals surface area contributed by atoms with Gasteiger partial charge in [-0.25, -0.2) is 9.59 Å². The van der Waals surface area contributed by atoms with Gasteiger partial charge in [-0.3, -0.25) is 28.9 Å². The summed E-state index contributed by atoms with van der Waals surface area (Å²) >= 11 is 0. The fourth-order valence-corrected chi connectivity index (χ4v) is 5.76. The maximum Gasteiger partial charge on any atom is 0.410 e. The summed E-state index contributed by atoms with van der Waals surface area (Å²) in [5.74, 6) is -0.288. The number of fused-ring (bicyclic) bond motifs is 1. The van der Waals surface area contributed by atoms with Crippen LogP contribution in [0.3, 0.4) is 0 Å². The van der Waals surface area contributed by atoms with Crippen molar-refractivity contribution in [2.75, 3.05) is 32.8 Å². The summed E-state index contributed by atoms with van der Waals surface area (Å²) < 4.78 is 14.8. The summed E-state index contributed by atoms with van der Waals surface area (Å²) in [5, 5.41) is 2.36. The Morgan fingerprint density at radius 1 is 1.08 bits per heavy atom. The Balaban J connectivity index is 1.13. The number of hydrogen-bond acceptors (Lipinski definition) is 7. The Hall–Kier alpha value is -3.18. The lowest BCUT2D eigenvalue weighted by Gasteiger charge is -2.40. The molecular weight excluding hydrogens is 502 g/mol. The van der Waals surface area contributed by atoms with E-state index in [1.165, 1.54) is 4.57 Å². The van der Waals surface area contributed by atoms with Gasteiger partial charge in [0.25, 0.3) is 0 Å². The zero-order valence-electron chi connectivity index (χ0n) is 23.3. The maximum absolute atomic E-state index is 13.1. The number of likely N-dealkylation sites (tertiary alicyclic amines) is 2. The van der Waals surface area contributed by atoms with Crippen molar-refractivity contribution >= 4 is 28.9 Å². The Labute approximate surface area is 228 Å². The van der Waals surface area contributed by atoms with E-state index in [0.717, 1.165) is 37.0 Å². The molecule has 0 radical (unpaired) electrons. The molecule has 1 unspecified atom stereocenters. The van der Waals surface area contributed by atoms with Crippen LogP contribution in [0.1, 0.15) is 58.1 Å². The van der Waals surface area contributed by atoms with Gasteiger partial charge in [0, 0.05) is 46.2 Å². The molecule has 39 heavy (non-hydrogen) atoms. The van der Waals surface area contributed by atoms with Crippen molar-refractivity contribution in [2.24, 2.45) is 13.0 Å². The van der Waals surface area contributed by atoms with E-state index in [1.54, 1.807) is 16.5 Å². The second kappa shape index (κ2) is 10.8. The molecule has 0 aliphatic carbocycles. The molecule has 3 aliphatic heterocycles. The van der Waals surface area contributed by atoms with E-state index in [1.807, 2.05) is 39.0 Å². The molecule has 5 rings (SSSR count). The van der Waals surface area contributed by atoms with E-state index in [-0.39, 0.29) is 30.2 Å². The van der Waals surface area contributed by atoms with E-state index in [2.05, 4.69) is 10.2 Å². The van der Waals surface area contributed by atoms with Gasteiger partial charge in [-0.15, -0.1) is 0 Å². The number of rotatable bonds is 6. The van der Waals surface area contributed by atoms with Crippen LogP contribution >= 0.6 is 0 Å². The highest BCUT2D eigenvalue weighted by Gasteiger charge is 2.33. The summed E-state index contributed by atoms with van der Waals surface area (Å²) in [7, 11) is 1.73. The summed E-state index contributed by atoms with van der Waals surface area (Å²) in [6.07, 6.45) is 2.29. The number of nitrogens with zero attached hydrogens (tertiary/aromatic N) is 4. The molecule has 0 saturated carbocycles. The van der Waals surface area contributed by atoms with Gasteiger partial charge in [-0.05, 0) is 57.6 Å². The minimum absolute atomic E-state index is 0.171. The molecule has 1 aromatic heterocycles. The van der Waals surface area contributed by atoms with Crippen molar-refractivity contribution in [3.05, 3.63) is 34.2 Å². The second-order valence-corrected chi connectivity index (χ2v) is 12.0. The Kier molecular flexibility index (Phi) is 7.56. The molecule has 1 aromatic carbocycles. The number of benzene rings is 1. The fourth-order valence-electron chi connectivity index (χ4n) is 5.76. The molecule has 1 N–H and O–H groups in total.